The van der Waals surface area contributed by atoms with Gasteiger partial charge < -0.3 is 10.0 Å². The molecule has 0 fully saturated rings. The lowest BCUT2D eigenvalue weighted by molar-refractivity contribution is -0.148. The van der Waals surface area contributed by atoms with Crippen LogP contribution in [-0.2, 0) is 9.59 Å². The third-order valence-electron chi connectivity index (χ3n) is 1.70. The van der Waals surface area contributed by atoms with Gasteiger partial charge in [0.15, 0.2) is 0 Å². The van der Waals surface area contributed by atoms with Crippen LogP contribution in [0.25, 0.3) is 0 Å². The van der Waals surface area contributed by atoms with Crippen molar-refractivity contribution in [2.45, 2.75) is 26.3 Å². The van der Waals surface area contributed by atoms with E-state index < -0.39 is 12.0 Å². The Labute approximate surface area is 83.3 Å². The van der Waals surface area contributed by atoms with Gasteiger partial charge in [0.2, 0.25) is 5.91 Å². The highest BCUT2D eigenvalue weighted by atomic mass is 32.1. The van der Waals surface area contributed by atoms with E-state index in [1.54, 1.807) is 0 Å². The van der Waals surface area contributed by atoms with Gasteiger partial charge >= 0.3 is 5.97 Å². The first-order chi connectivity index (χ1) is 6.04. The first kappa shape index (κ1) is 12.3. The lowest BCUT2D eigenvalue weighted by atomic mass is 10.2. The molecule has 76 valence electrons. The fourth-order valence-electron chi connectivity index (χ4n) is 1.08. The minimum absolute atomic E-state index is 0.148. The third-order valence-corrected chi connectivity index (χ3v) is 2.05. The van der Waals surface area contributed by atoms with Crippen molar-refractivity contribution in [1.82, 2.24) is 4.90 Å². The van der Waals surface area contributed by atoms with E-state index in [2.05, 4.69) is 12.6 Å². The Hall–Kier alpha value is -0.710. The summed E-state index contributed by atoms with van der Waals surface area (Å²) in [5, 5.41) is 8.78. The normalized spacial score (nSPS) is 12.2. The average molecular weight is 205 g/mol. The number of thiol groups is 1. The summed E-state index contributed by atoms with van der Waals surface area (Å²) in [6.07, 6.45) is 0.747. The standard InChI is InChI=1S/C8H15NO3S/c1-3-4-9(6(2)10)7(5-13)8(11)12/h7,13H,3-5H2,1-2H3,(H,11,12)/t7-/m0/s1. The van der Waals surface area contributed by atoms with Gasteiger partial charge in [-0.1, -0.05) is 6.92 Å². The molecule has 0 heterocycles. The largest absolute Gasteiger partial charge is 0.480 e. The fourth-order valence-corrected chi connectivity index (χ4v) is 1.44. The predicted molar refractivity (Wildman–Crippen MR) is 53.0 cm³/mol. The van der Waals surface area contributed by atoms with Crippen LogP contribution >= 0.6 is 12.6 Å². The molecule has 0 radical (unpaired) electrons. The number of carbonyl (C=O) groups excluding carboxylic acids is 1. The number of rotatable bonds is 5. The number of aliphatic carboxylic acids is 1. The Morgan fingerprint density at radius 2 is 2.08 bits per heavy atom. The first-order valence-electron chi connectivity index (χ1n) is 4.15. The van der Waals surface area contributed by atoms with E-state index in [1.807, 2.05) is 6.92 Å². The van der Waals surface area contributed by atoms with Gasteiger partial charge in [-0.3, -0.25) is 4.79 Å². The van der Waals surface area contributed by atoms with Gasteiger partial charge in [0.25, 0.3) is 0 Å². The Bertz CT molecular complexity index is 196. The second-order valence-electron chi connectivity index (χ2n) is 2.75. The summed E-state index contributed by atoms with van der Waals surface area (Å²) < 4.78 is 0. The van der Waals surface area contributed by atoms with Crippen LogP contribution in [0.4, 0.5) is 0 Å². The number of amides is 1. The van der Waals surface area contributed by atoms with Gasteiger partial charge in [-0.25, -0.2) is 4.79 Å². The molecular formula is C8H15NO3S. The summed E-state index contributed by atoms with van der Waals surface area (Å²) in [5.74, 6) is -1.07. The Morgan fingerprint density at radius 1 is 1.54 bits per heavy atom. The number of carbonyl (C=O) groups is 2. The van der Waals surface area contributed by atoms with Gasteiger partial charge in [-0.05, 0) is 6.42 Å². The minimum atomic E-state index is -1.00. The summed E-state index contributed by atoms with van der Waals surface area (Å²) in [6, 6.07) is -0.805. The molecule has 0 saturated carbocycles. The Kier molecular flexibility index (Phi) is 5.53. The molecule has 0 spiro atoms. The SMILES string of the molecule is CCCN(C(C)=O)[C@@H](CS)C(=O)O. The van der Waals surface area contributed by atoms with Crippen LogP contribution in [0.2, 0.25) is 0 Å². The van der Waals surface area contributed by atoms with E-state index in [1.165, 1.54) is 11.8 Å². The summed E-state index contributed by atoms with van der Waals surface area (Å²) in [5.41, 5.74) is 0. The van der Waals surface area contributed by atoms with Crippen molar-refractivity contribution in [2.75, 3.05) is 12.3 Å². The van der Waals surface area contributed by atoms with Gasteiger partial charge in [0.1, 0.15) is 6.04 Å². The van der Waals surface area contributed by atoms with Crippen molar-refractivity contribution in [3.05, 3.63) is 0 Å². The van der Waals surface area contributed by atoms with Crippen LogP contribution in [0.3, 0.4) is 0 Å². The monoisotopic (exact) mass is 205 g/mol. The third kappa shape index (κ3) is 3.67. The average Bonchev–Trinajstić information content (AvgIpc) is 2.03. The first-order valence-corrected chi connectivity index (χ1v) is 4.78. The maximum Gasteiger partial charge on any atom is 0.327 e. The number of hydrogen-bond acceptors (Lipinski definition) is 3. The molecule has 0 aromatic rings. The zero-order valence-electron chi connectivity index (χ0n) is 7.86. The molecule has 1 amide bonds. The highest BCUT2D eigenvalue weighted by Crippen LogP contribution is 2.04. The van der Waals surface area contributed by atoms with Gasteiger partial charge in [0.05, 0.1) is 0 Å². The lowest BCUT2D eigenvalue weighted by Crippen LogP contribution is -2.45. The lowest BCUT2D eigenvalue weighted by Gasteiger charge is -2.26. The van der Waals surface area contributed by atoms with E-state index in [4.69, 9.17) is 5.11 Å². The van der Waals surface area contributed by atoms with Crippen molar-refractivity contribution in [3.63, 3.8) is 0 Å². The minimum Gasteiger partial charge on any atom is -0.480 e. The molecule has 0 aliphatic rings. The van der Waals surface area contributed by atoms with Gasteiger partial charge in [-0.15, -0.1) is 0 Å². The van der Waals surface area contributed by atoms with Crippen LogP contribution in [0, 0.1) is 0 Å². The van der Waals surface area contributed by atoms with Crippen LogP contribution < -0.4 is 0 Å². The van der Waals surface area contributed by atoms with Crippen molar-refractivity contribution in [2.24, 2.45) is 0 Å². The molecule has 0 aliphatic carbocycles. The molecule has 13 heavy (non-hydrogen) atoms. The second kappa shape index (κ2) is 5.85. The van der Waals surface area contributed by atoms with E-state index in [0.29, 0.717) is 6.54 Å². The van der Waals surface area contributed by atoms with Crippen LogP contribution in [-0.4, -0.2) is 40.2 Å². The topological polar surface area (TPSA) is 57.6 Å². The molecule has 0 unspecified atom stereocenters. The maximum atomic E-state index is 11.1. The predicted octanol–water partition coefficient (Wildman–Crippen LogP) is 0.628. The highest BCUT2D eigenvalue weighted by Gasteiger charge is 2.25. The molecule has 0 aliphatic heterocycles. The van der Waals surface area contributed by atoms with Crippen molar-refractivity contribution in [3.8, 4) is 0 Å². The molecule has 5 heteroatoms. The summed E-state index contributed by atoms with van der Waals surface area (Å²) in [6.45, 7) is 3.73. The highest BCUT2D eigenvalue weighted by molar-refractivity contribution is 7.80. The van der Waals surface area contributed by atoms with E-state index in [9.17, 15) is 9.59 Å². The number of hydrogen-bond donors (Lipinski definition) is 2. The zero-order valence-corrected chi connectivity index (χ0v) is 8.75. The van der Waals surface area contributed by atoms with Gasteiger partial charge in [-0.2, -0.15) is 12.6 Å². The van der Waals surface area contributed by atoms with Gasteiger partial charge in [0, 0.05) is 19.2 Å². The Balaban J connectivity index is 4.48. The second-order valence-corrected chi connectivity index (χ2v) is 3.11. The van der Waals surface area contributed by atoms with Crippen LogP contribution in [0.1, 0.15) is 20.3 Å². The number of nitrogens with zero attached hydrogens (tertiary/aromatic N) is 1. The molecule has 0 saturated heterocycles. The molecule has 0 rings (SSSR count). The smallest absolute Gasteiger partial charge is 0.327 e. The summed E-state index contributed by atoms with van der Waals surface area (Å²) in [7, 11) is 0. The number of carboxylic acid groups (broad SMARTS) is 1. The Morgan fingerprint density at radius 3 is 2.31 bits per heavy atom. The molecule has 1 atom stereocenters. The van der Waals surface area contributed by atoms with E-state index in [0.717, 1.165) is 6.42 Å². The molecule has 1 N–H and O–H groups in total. The quantitative estimate of drug-likeness (QED) is 0.647. The fraction of sp³-hybridized carbons (Fsp3) is 0.750. The van der Waals surface area contributed by atoms with Crippen molar-refractivity contribution < 1.29 is 14.7 Å². The maximum absolute atomic E-state index is 11.1. The van der Waals surface area contributed by atoms with Crippen molar-refractivity contribution in [1.29, 1.82) is 0 Å². The zero-order chi connectivity index (χ0) is 10.4. The molecule has 0 bridgehead atoms. The van der Waals surface area contributed by atoms with Crippen LogP contribution in [0.15, 0.2) is 0 Å². The number of carboxylic acids is 1. The molecule has 4 nitrogen and oxygen atoms in total. The van der Waals surface area contributed by atoms with Crippen LogP contribution in [0.5, 0.6) is 0 Å². The van der Waals surface area contributed by atoms with E-state index >= 15 is 0 Å². The summed E-state index contributed by atoms with van der Waals surface area (Å²) >= 11 is 3.91. The van der Waals surface area contributed by atoms with E-state index in [-0.39, 0.29) is 11.7 Å². The molecular weight excluding hydrogens is 190 g/mol. The molecule has 0 aromatic carbocycles. The summed E-state index contributed by atoms with van der Waals surface area (Å²) in [4.78, 5) is 23.1. The molecule has 0 aromatic heterocycles. The van der Waals surface area contributed by atoms with Crippen molar-refractivity contribution >= 4 is 24.5 Å².